The van der Waals surface area contributed by atoms with Gasteiger partial charge in [0, 0.05) is 6.42 Å². The van der Waals surface area contributed by atoms with Gasteiger partial charge in [0.2, 0.25) is 0 Å². The predicted molar refractivity (Wildman–Crippen MR) is 228 cm³/mol. The Kier molecular flexibility index (Phi) is 25.4. The third-order valence-electron chi connectivity index (χ3n) is 11.6. The van der Waals surface area contributed by atoms with Crippen LogP contribution in [0, 0.1) is 0 Å². The molecule has 1 atom stereocenters. The maximum Gasteiger partial charge on any atom is 0.261 e. The SMILES string of the molecule is CCCCCCCCCCCCCCCCCCC[n+]1c(CC(C)c2ccccc2)cn(CCCCCCCCCCCC)c1Cc1ccccc1. The van der Waals surface area contributed by atoms with Gasteiger partial charge in [-0.15, -0.1) is 0 Å². The van der Waals surface area contributed by atoms with E-state index in [4.69, 9.17) is 0 Å². The molecule has 0 N–H and O–H groups in total. The molecule has 0 saturated carbocycles. The summed E-state index contributed by atoms with van der Waals surface area (Å²) >= 11 is 0. The van der Waals surface area contributed by atoms with Crippen molar-refractivity contribution < 1.29 is 4.57 Å². The number of rotatable bonds is 34. The molecule has 1 heterocycles. The number of unbranched alkanes of at least 4 members (excludes halogenated alkanes) is 25. The average molecular weight is 712 g/mol. The molecule has 1 unspecified atom stereocenters. The number of nitrogens with zero attached hydrogens (tertiary/aromatic N) is 2. The van der Waals surface area contributed by atoms with E-state index in [9.17, 15) is 0 Å². The van der Waals surface area contributed by atoms with Crippen molar-refractivity contribution in [2.24, 2.45) is 0 Å². The molecule has 292 valence electrons. The van der Waals surface area contributed by atoms with Crippen molar-refractivity contribution in [2.75, 3.05) is 0 Å². The van der Waals surface area contributed by atoms with Crippen molar-refractivity contribution in [2.45, 2.75) is 226 Å². The molecule has 0 amide bonds. The molecular weight excluding hydrogens is 629 g/mol. The lowest BCUT2D eigenvalue weighted by atomic mass is 9.96. The number of hydrogen-bond acceptors (Lipinski definition) is 0. The maximum absolute atomic E-state index is 2.76. The molecule has 2 aromatic carbocycles. The second kappa shape index (κ2) is 30.0. The summed E-state index contributed by atoms with van der Waals surface area (Å²) in [5, 5.41) is 0. The summed E-state index contributed by atoms with van der Waals surface area (Å²) in [5.41, 5.74) is 4.42. The first-order valence-corrected chi connectivity index (χ1v) is 22.9. The molecule has 1 aromatic heterocycles. The van der Waals surface area contributed by atoms with E-state index in [0.717, 1.165) is 25.9 Å². The molecule has 0 aliphatic heterocycles. The highest BCUT2D eigenvalue weighted by Gasteiger charge is 2.25. The van der Waals surface area contributed by atoms with Crippen LogP contribution in [-0.4, -0.2) is 4.57 Å². The van der Waals surface area contributed by atoms with E-state index >= 15 is 0 Å². The van der Waals surface area contributed by atoms with Gasteiger partial charge in [0.1, 0.15) is 11.9 Å². The fourth-order valence-electron chi connectivity index (χ4n) is 8.23. The minimum absolute atomic E-state index is 0.515. The van der Waals surface area contributed by atoms with E-state index in [1.54, 1.807) is 0 Å². The minimum Gasteiger partial charge on any atom is -0.234 e. The van der Waals surface area contributed by atoms with Crippen LogP contribution in [0.15, 0.2) is 66.9 Å². The molecule has 0 spiro atoms. The van der Waals surface area contributed by atoms with Crippen LogP contribution in [0.3, 0.4) is 0 Å². The van der Waals surface area contributed by atoms with E-state index < -0.39 is 0 Å². The normalized spacial score (nSPS) is 12.1. The lowest BCUT2D eigenvalue weighted by molar-refractivity contribution is -0.710. The van der Waals surface area contributed by atoms with Crippen LogP contribution < -0.4 is 4.57 Å². The standard InChI is InChI=1S/C50H83N2/c1-4-6-8-10-12-14-16-17-18-19-20-21-22-24-26-28-36-42-52-49(43-46(3)48-39-33-30-34-40-48)45-51(50(52)44-47-37-31-29-32-38-47)41-35-27-25-23-15-13-11-9-7-5-2/h29-34,37-40,45-46H,4-28,35-36,41-44H2,1-3H3/q+1. The molecule has 0 radical (unpaired) electrons. The lowest BCUT2D eigenvalue weighted by Crippen LogP contribution is -2.41. The molecule has 3 aromatic rings. The van der Waals surface area contributed by atoms with E-state index in [2.05, 4.69) is 96.8 Å². The van der Waals surface area contributed by atoms with Gasteiger partial charge in [-0.2, -0.15) is 0 Å². The molecule has 52 heavy (non-hydrogen) atoms. The zero-order chi connectivity index (χ0) is 36.7. The van der Waals surface area contributed by atoms with Gasteiger partial charge >= 0.3 is 0 Å². The summed E-state index contributed by atoms with van der Waals surface area (Å²) in [7, 11) is 0. The molecule has 0 aliphatic rings. The van der Waals surface area contributed by atoms with Crippen LogP contribution in [0.1, 0.15) is 223 Å². The Morgan fingerprint density at radius 1 is 0.481 bits per heavy atom. The fraction of sp³-hybridized carbons (Fsp3) is 0.700. The Labute approximate surface area is 323 Å². The third-order valence-corrected chi connectivity index (χ3v) is 11.6. The molecule has 0 aliphatic carbocycles. The van der Waals surface area contributed by atoms with Gasteiger partial charge in [-0.05, 0) is 42.7 Å². The van der Waals surface area contributed by atoms with Crippen LogP contribution in [0.5, 0.6) is 0 Å². The highest BCUT2D eigenvalue weighted by atomic mass is 15.2. The first-order valence-electron chi connectivity index (χ1n) is 22.9. The molecule has 3 rings (SSSR count). The number of aryl methyl sites for hydroxylation is 1. The van der Waals surface area contributed by atoms with E-state index in [-0.39, 0.29) is 0 Å². The Hall–Kier alpha value is -2.35. The number of hydrogen-bond donors (Lipinski definition) is 0. The van der Waals surface area contributed by atoms with E-state index in [0.29, 0.717) is 5.92 Å². The summed E-state index contributed by atoms with van der Waals surface area (Å²) in [6, 6.07) is 22.4. The first-order chi connectivity index (χ1) is 25.7. The second-order valence-corrected chi connectivity index (χ2v) is 16.4. The molecule has 0 bridgehead atoms. The van der Waals surface area contributed by atoms with Crippen LogP contribution in [0.2, 0.25) is 0 Å². The van der Waals surface area contributed by atoms with Gasteiger partial charge in [0.25, 0.3) is 5.82 Å². The molecular formula is C50H83N2+. The molecule has 2 nitrogen and oxygen atoms in total. The average Bonchev–Trinajstić information content (AvgIpc) is 3.48. The largest absolute Gasteiger partial charge is 0.261 e. The van der Waals surface area contributed by atoms with Gasteiger partial charge in [0.15, 0.2) is 0 Å². The Bertz CT molecular complexity index is 1210. The van der Waals surface area contributed by atoms with E-state index in [1.165, 1.54) is 196 Å². The third kappa shape index (κ3) is 19.6. The maximum atomic E-state index is 2.76. The van der Waals surface area contributed by atoms with Gasteiger partial charge in [-0.25, -0.2) is 9.13 Å². The smallest absolute Gasteiger partial charge is 0.234 e. The molecule has 0 fully saturated rings. The van der Waals surface area contributed by atoms with Gasteiger partial charge in [-0.3, -0.25) is 0 Å². The van der Waals surface area contributed by atoms with Crippen molar-refractivity contribution in [3.05, 3.63) is 89.5 Å². The minimum atomic E-state index is 0.515. The number of benzene rings is 2. The van der Waals surface area contributed by atoms with Gasteiger partial charge < -0.3 is 0 Å². The van der Waals surface area contributed by atoms with Crippen molar-refractivity contribution in [1.82, 2.24) is 4.57 Å². The quantitative estimate of drug-likeness (QED) is 0.0431. The van der Waals surface area contributed by atoms with Crippen molar-refractivity contribution in [1.29, 1.82) is 0 Å². The first kappa shape index (κ1) is 44.0. The fourth-order valence-corrected chi connectivity index (χ4v) is 8.23. The molecule has 0 saturated heterocycles. The van der Waals surface area contributed by atoms with Crippen LogP contribution >= 0.6 is 0 Å². The summed E-state index contributed by atoms with van der Waals surface area (Å²) in [6.45, 7) is 9.35. The predicted octanol–water partition coefficient (Wildman–Crippen LogP) is 15.3. The summed E-state index contributed by atoms with van der Waals surface area (Å²) in [5.74, 6) is 2.04. The van der Waals surface area contributed by atoms with Gasteiger partial charge in [-0.1, -0.05) is 229 Å². The second-order valence-electron chi connectivity index (χ2n) is 16.4. The zero-order valence-corrected chi connectivity index (χ0v) is 34.7. The lowest BCUT2D eigenvalue weighted by Gasteiger charge is -2.12. The topological polar surface area (TPSA) is 8.81 Å². The molecule has 2 heteroatoms. The van der Waals surface area contributed by atoms with Crippen molar-refractivity contribution in [3.8, 4) is 0 Å². The van der Waals surface area contributed by atoms with Crippen LogP contribution in [0.25, 0.3) is 0 Å². The Morgan fingerprint density at radius 2 is 0.885 bits per heavy atom. The van der Waals surface area contributed by atoms with Crippen LogP contribution in [-0.2, 0) is 25.9 Å². The van der Waals surface area contributed by atoms with Crippen molar-refractivity contribution in [3.63, 3.8) is 0 Å². The van der Waals surface area contributed by atoms with Crippen LogP contribution in [0.4, 0.5) is 0 Å². The zero-order valence-electron chi connectivity index (χ0n) is 34.7. The van der Waals surface area contributed by atoms with Gasteiger partial charge in [0.05, 0.1) is 19.5 Å². The highest BCUT2D eigenvalue weighted by molar-refractivity contribution is 5.21. The number of aromatic nitrogens is 2. The summed E-state index contributed by atoms with van der Waals surface area (Å²) < 4.78 is 5.42. The van der Waals surface area contributed by atoms with E-state index in [1.807, 2.05) is 0 Å². The Morgan fingerprint density at radius 3 is 1.35 bits per heavy atom. The Balaban J connectivity index is 1.49. The summed E-state index contributed by atoms with van der Waals surface area (Å²) in [4.78, 5) is 0. The highest BCUT2D eigenvalue weighted by Crippen LogP contribution is 2.22. The monoisotopic (exact) mass is 712 g/mol. The summed E-state index contributed by atoms with van der Waals surface area (Å²) in [6.07, 6.45) is 42.8. The van der Waals surface area contributed by atoms with Crippen molar-refractivity contribution >= 4 is 0 Å². The number of imidazole rings is 1.